The molecule has 1 aliphatic heterocycles. The van der Waals surface area contributed by atoms with Crippen molar-refractivity contribution in [3.05, 3.63) is 12.3 Å². The van der Waals surface area contributed by atoms with Crippen molar-refractivity contribution in [2.24, 2.45) is 0 Å². The second kappa shape index (κ2) is 7.78. The van der Waals surface area contributed by atoms with Crippen LogP contribution < -0.4 is 15.0 Å². The molecule has 1 N–H and O–H groups in total. The fraction of sp³-hybridized carbons (Fsp3) is 0.643. The van der Waals surface area contributed by atoms with E-state index in [-0.39, 0.29) is 5.97 Å². The van der Waals surface area contributed by atoms with Gasteiger partial charge in [-0.1, -0.05) is 6.92 Å². The van der Waals surface area contributed by atoms with E-state index in [9.17, 15) is 4.79 Å². The molecule has 7 nitrogen and oxygen atoms in total. The number of aromatic nitrogens is 2. The lowest BCUT2D eigenvalue weighted by Crippen LogP contribution is -2.56. The molecular weight excluding hydrogens is 272 g/mol. The van der Waals surface area contributed by atoms with Crippen molar-refractivity contribution in [3.63, 3.8) is 0 Å². The Hall–Kier alpha value is -1.89. The third-order valence-electron chi connectivity index (χ3n) is 3.13. The van der Waals surface area contributed by atoms with Gasteiger partial charge in [-0.15, -0.1) is 0 Å². The first-order valence-corrected chi connectivity index (χ1v) is 7.36. The van der Waals surface area contributed by atoms with Crippen LogP contribution in [-0.4, -0.2) is 54.8 Å². The monoisotopic (exact) mass is 294 g/mol. The molecule has 0 spiro atoms. The molecular formula is C14H22N4O3. The van der Waals surface area contributed by atoms with Crippen LogP contribution >= 0.6 is 0 Å². The van der Waals surface area contributed by atoms with Crippen LogP contribution in [0.2, 0.25) is 0 Å². The van der Waals surface area contributed by atoms with Crippen LogP contribution in [0.5, 0.6) is 5.88 Å². The fourth-order valence-electron chi connectivity index (χ4n) is 2.15. The van der Waals surface area contributed by atoms with E-state index in [4.69, 9.17) is 9.47 Å². The third kappa shape index (κ3) is 4.04. The maximum atomic E-state index is 12.0. The van der Waals surface area contributed by atoms with E-state index in [1.165, 1.54) is 0 Å². The zero-order valence-electron chi connectivity index (χ0n) is 12.5. The number of rotatable bonds is 6. The summed E-state index contributed by atoms with van der Waals surface area (Å²) in [7, 11) is 0. The van der Waals surface area contributed by atoms with Gasteiger partial charge in [-0.25, -0.2) is 9.78 Å². The zero-order chi connectivity index (χ0) is 15.1. The highest BCUT2D eigenvalue weighted by atomic mass is 16.5. The molecule has 1 unspecified atom stereocenters. The minimum absolute atomic E-state index is 0.256. The van der Waals surface area contributed by atoms with E-state index in [1.54, 1.807) is 19.2 Å². The van der Waals surface area contributed by atoms with Crippen molar-refractivity contribution in [1.29, 1.82) is 0 Å². The Morgan fingerprint density at radius 1 is 1.52 bits per heavy atom. The average molecular weight is 294 g/mol. The second-order valence-electron chi connectivity index (χ2n) is 4.71. The molecule has 1 fully saturated rings. The number of hydrogen-bond donors (Lipinski definition) is 1. The molecule has 0 saturated carbocycles. The van der Waals surface area contributed by atoms with Gasteiger partial charge in [0.25, 0.3) is 0 Å². The van der Waals surface area contributed by atoms with Crippen molar-refractivity contribution in [2.45, 2.75) is 26.3 Å². The van der Waals surface area contributed by atoms with Gasteiger partial charge in [0.2, 0.25) is 11.8 Å². The van der Waals surface area contributed by atoms with E-state index < -0.39 is 6.04 Å². The van der Waals surface area contributed by atoms with E-state index >= 15 is 0 Å². The quantitative estimate of drug-likeness (QED) is 0.770. The molecule has 0 amide bonds. The molecule has 0 aromatic carbocycles. The highest BCUT2D eigenvalue weighted by Crippen LogP contribution is 2.17. The Balaban J connectivity index is 2.14. The number of carbonyl (C=O) groups excluding carboxylic acids is 1. The standard InChI is InChI=1S/C14H22N4O3/c1-3-9-21-12-5-6-16-14(17-12)18-8-7-15-10-11(18)13(19)20-4-2/h5-6,11,15H,3-4,7-10H2,1-2H3. The molecule has 1 saturated heterocycles. The van der Waals surface area contributed by atoms with E-state index in [1.807, 2.05) is 11.8 Å². The third-order valence-corrected chi connectivity index (χ3v) is 3.13. The van der Waals surface area contributed by atoms with Crippen molar-refractivity contribution in [1.82, 2.24) is 15.3 Å². The number of anilines is 1. The van der Waals surface area contributed by atoms with Gasteiger partial charge >= 0.3 is 5.97 Å². The summed E-state index contributed by atoms with van der Waals surface area (Å²) >= 11 is 0. The molecule has 0 aliphatic carbocycles. The summed E-state index contributed by atoms with van der Waals surface area (Å²) in [5.74, 6) is 0.777. The van der Waals surface area contributed by atoms with Gasteiger partial charge in [0.15, 0.2) is 0 Å². The topological polar surface area (TPSA) is 76.6 Å². The summed E-state index contributed by atoms with van der Waals surface area (Å²) in [6.45, 7) is 6.77. The first-order valence-electron chi connectivity index (χ1n) is 7.36. The normalized spacial score (nSPS) is 18.4. The summed E-state index contributed by atoms with van der Waals surface area (Å²) in [5, 5.41) is 3.19. The van der Waals surface area contributed by atoms with Crippen LogP contribution in [0.25, 0.3) is 0 Å². The predicted molar refractivity (Wildman–Crippen MR) is 78.5 cm³/mol. The smallest absolute Gasteiger partial charge is 0.330 e. The molecule has 7 heteroatoms. The van der Waals surface area contributed by atoms with Crippen molar-refractivity contribution in [3.8, 4) is 5.88 Å². The zero-order valence-corrected chi connectivity index (χ0v) is 12.5. The van der Waals surface area contributed by atoms with E-state index in [2.05, 4.69) is 15.3 Å². The largest absolute Gasteiger partial charge is 0.478 e. The molecule has 116 valence electrons. The van der Waals surface area contributed by atoms with Crippen LogP contribution in [0.1, 0.15) is 20.3 Å². The fourth-order valence-corrected chi connectivity index (χ4v) is 2.15. The lowest BCUT2D eigenvalue weighted by Gasteiger charge is -2.34. The van der Waals surface area contributed by atoms with Crippen LogP contribution in [0.4, 0.5) is 5.95 Å². The Bertz CT molecular complexity index is 469. The molecule has 2 rings (SSSR count). The van der Waals surface area contributed by atoms with Crippen molar-refractivity contribution in [2.75, 3.05) is 37.7 Å². The van der Waals surface area contributed by atoms with E-state index in [0.29, 0.717) is 38.1 Å². The number of carbonyl (C=O) groups is 1. The van der Waals surface area contributed by atoms with Crippen molar-refractivity contribution < 1.29 is 14.3 Å². The van der Waals surface area contributed by atoms with Crippen LogP contribution in [0, 0.1) is 0 Å². The number of esters is 1. The Morgan fingerprint density at radius 3 is 3.14 bits per heavy atom. The number of hydrogen-bond acceptors (Lipinski definition) is 7. The molecule has 1 aromatic rings. The molecule has 2 heterocycles. The van der Waals surface area contributed by atoms with Gasteiger partial charge in [-0.3, -0.25) is 0 Å². The summed E-state index contributed by atoms with van der Waals surface area (Å²) in [6, 6.07) is 1.32. The van der Waals surface area contributed by atoms with E-state index in [0.717, 1.165) is 13.0 Å². The summed E-state index contributed by atoms with van der Waals surface area (Å²) in [6.07, 6.45) is 2.57. The highest BCUT2D eigenvalue weighted by molar-refractivity contribution is 5.80. The molecule has 21 heavy (non-hydrogen) atoms. The molecule has 1 atom stereocenters. The number of nitrogens with zero attached hydrogens (tertiary/aromatic N) is 3. The maximum absolute atomic E-state index is 12.0. The lowest BCUT2D eigenvalue weighted by molar-refractivity contribution is -0.144. The Morgan fingerprint density at radius 2 is 2.38 bits per heavy atom. The second-order valence-corrected chi connectivity index (χ2v) is 4.71. The van der Waals surface area contributed by atoms with Gasteiger partial charge in [-0.2, -0.15) is 4.98 Å². The van der Waals surface area contributed by atoms with Gasteiger partial charge < -0.3 is 19.7 Å². The van der Waals surface area contributed by atoms with Gasteiger partial charge in [0.05, 0.1) is 13.2 Å². The minimum Gasteiger partial charge on any atom is -0.478 e. The molecule has 1 aromatic heterocycles. The van der Waals surface area contributed by atoms with Gasteiger partial charge in [-0.05, 0) is 13.3 Å². The van der Waals surface area contributed by atoms with Crippen LogP contribution in [0.15, 0.2) is 12.3 Å². The first kappa shape index (κ1) is 15.5. The van der Waals surface area contributed by atoms with Crippen molar-refractivity contribution >= 4 is 11.9 Å². The minimum atomic E-state index is -0.403. The molecule has 0 bridgehead atoms. The number of nitrogens with one attached hydrogen (secondary N) is 1. The van der Waals surface area contributed by atoms with Gasteiger partial charge in [0, 0.05) is 31.9 Å². The first-order chi connectivity index (χ1) is 10.3. The molecule has 1 aliphatic rings. The van der Waals surface area contributed by atoms with Gasteiger partial charge in [0.1, 0.15) is 6.04 Å². The highest BCUT2D eigenvalue weighted by Gasteiger charge is 2.31. The predicted octanol–water partition coefficient (Wildman–Crippen LogP) is 0.607. The number of piperazine rings is 1. The summed E-state index contributed by atoms with van der Waals surface area (Å²) < 4.78 is 10.6. The Kier molecular flexibility index (Phi) is 5.74. The maximum Gasteiger partial charge on any atom is 0.330 e. The summed E-state index contributed by atoms with van der Waals surface area (Å²) in [4.78, 5) is 22.6. The Labute approximate surface area is 124 Å². The SMILES string of the molecule is CCCOc1ccnc(N2CCNCC2C(=O)OCC)n1. The van der Waals surface area contributed by atoms with Crippen LogP contribution in [0.3, 0.4) is 0 Å². The molecule has 0 radical (unpaired) electrons. The number of ether oxygens (including phenoxy) is 2. The summed E-state index contributed by atoms with van der Waals surface area (Å²) in [5.41, 5.74) is 0. The lowest BCUT2D eigenvalue weighted by atomic mass is 10.2. The van der Waals surface area contributed by atoms with Crippen LogP contribution in [-0.2, 0) is 9.53 Å². The average Bonchev–Trinajstić information content (AvgIpc) is 2.53.